The quantitative estimate of drug-likeness (QED) is 0.0204. The summed E-state index contributed by atoms with van der Waals surface area (Å²) in [6.45, 7) is 2.61. The zero-order valence-electron chi connectivity index (χ0n) is 53.4. The highest BCUT2D eigenvalue weighted by Gasteiger charge is 2.51. The molecule has 494 valence electrons. The van der Waals surface area contributed by atoms with E-state index < -0.39 is 86.8 Å². The first-order valence-corrected chi connectivity index (χ1v) is 33.6. The Labute approximate surface area is 525 Å². The van der Waals surface area contributed by atoms with Crippen molar-refractivity contribution in [2.45, 2.75) is 286 Å². The number of ether oxygens (including phenoxy) is 4. The molecule has 0 bridgehead atoms. The van der Waals surface area contributed by atoms with Crippen LogP contribution in [0, 0.1) is 0 Å². The fourth-order valence-corrected chi connectivity index (χ4v) is 9.90. The molecule has 0 radical (unpaired) electrons. The summed E-state index contributed by atoms with van der Waals surface area (Å²) >= 11 is 0. The second kappa shape index (κ2) is 55.9. The molecule has 2 saturated heterocycles. The summed E-state index contributed by atoms with van der Waals surface area (Å²) in [5, 5.41) is 87.1. The fourth-order valence-electron chi connectivity index (χ4n) is 9.90. The van der Waals surface area contributed by atoms with Crippen LogP contribution in [-0.4, -0.2) is 140 Å². The summed E-state index contributed by atoms with van der Waals surface area (Å²) in [5.74, 6) is -0.264. The topological polar surface area (TPSA) is 228 Å². The van der Waals surface area contributed by atoms with E-state index in [4.69, 9.17) is 18.9 Å². The molecule has 0 spiro atoms. The molecular formula is C73H119NO13. The fraction of sp³-hybridized carbons (Fsp3) is 0.658. The van der Waals surface area contributed by atoms with Gasteiger partial charge < -0.3 is 65.1 Å². The average Bonchev–Trinajstić information content (AvgIpc) is 2.05. The Morgan fingerprint density at radius 3 is 1.26 bits per heavy atom. The Morgan fingerprint density at radius 2 is 0.805 bits per heavy atom. The van der Waals surface area contributed by atoms with Crippen molar-refractivity contribution in [3.63, 3.8) is 0 Å². The van der Waals surface area contributed by atoms with Crippen LogP contribution < -0.4 is 5.32 Å². The number of allylic oxidation sites excluding steroid dienone is 23. The van der Waals surface area contributed by atoms with Crippen molar-refractivity contribution < 1.29 is 64.6 Å². The summed E-state index contributed by atoms with van der Waals surface area (Å²) in [6.07, 6.45) is 67.6. The van der Waals surface area contributed by atoms with Crippen LogP contribution in [0.3, 0.4) is 0 Å². The molecule has 1 amide bonds. The van der Waals surface area contributed by atoms with Crippen LogP contribution in [0.4, 0.5) is 0 Å². The molecule has 87 heavy (non-hydrogen) atoms. The van der Waals surface area contributed by atoms with Gasteiger partial charge in [0.05, 0.1) is 32.0 Å². The highest BCUT2D eigenvalue weighted by Crippen LogP contribution is 2.30. The molecule has 9 N–H and O–H groups in total. The molecule has 2 aliphatic rings. The normalized spacial score (nSPS) is 24.3. The largest absolute Gasteiger partial charge is 0.394 e. The molecule has 14 nitrogen and oxygen atoms in total. The number of carbonyl (C=O) groups excluding carboxylic acids is 1. The summed E-state index contributed by atoms with van der Waals surface area (Å²) in [7, 11) is 0. The molecule has 0 aromatic heterocycles. The van der Waals surface area contributed by atoms with Crippen LogP contribution in [0.25, 0.3) is 0 Å². The lowest BCUT2D eigenvalue weighted by Crippen LogP contribution is -2.65. The number of rotatable bonds is 52. The van der Waals surface area contributed by atoms with Crippen molar-refractivity contribution in [2.24, 2.45) is 0 Å². The molecule has 2 heterocycles. The standard InChI is InChI=1S/C73H119NO13/c1-3-5-7-9-11-13-15-17-19-20-21-22-23-24-25-26-27-28-29-30-31-32-33-34-35-36-37-38-39-40-41-42-43-45-47-49-51-53-55-57-65(78)74-61(62(77)56-54-52-50-48-46-44-18-16-14-12-10-8-6-4-2)60-84-72-70(83)68(81)71(64(59-76)86-72)87-73-69(82)67(80)66(79)63(58-75)85-73/h5,7,11,13-14,16-17,19,21-22,24-25,27-28,30-31,33-34,36-37,46,48,54,56,61-64,66-73,75-77,79-83H,3-4,6,8-10,12,15,18,20,23,26,29,32,35,38-45,47,49-53,55,57-60H2,1-2H3,(H,74,78)/b7-5-,13-11-,16-14+,19-17-,22-21-,25-24-,28-27-,31-30-,34-33-,37-36-,48-46+,56-54+. The molecule has 12 unspecified atom stereocenters. The van der Waals surface area contributed by atoms with E-state index in [0.29, 0.717) is 12.8 Å². The SMILES string of the molecule is CC/C=C\C/C=C\C/C=C\C/C=C\C/C=C\C/C=C\C/C=C\C/C=C\C/C=C\CCCCCCCCCCCCCC(=O)NC(COC1OC(CO)C(OC2OC(CO)C(O)C(O)C2O)C(O)C1O)C(O)/C=C/CC/C=C/CC/C=C/CCCCCC. The molecular weight excluding hydrogens is 1100 g/mol. The third-order valence-electron chi connectivity index (χ3n) is 15.2. The minimum absolute atomic E-state index is 0.257. The molecule has 2 fully saturated rings. The molecule has 2 aliphatic heterocycles. The van der Waals surface area contributed by atoms with Crippen molar-refractivity contribution in [1.82, 2.24) is 5.32 Å². The zero-order chi connectivity index (χ0) is 63.1. The maximum absolute atomic E-state index is 13.3. The molecule has 0 aromatic rings. The summed E-state index contributed by atoms with van der Waals surface area (Å²) in [6, 6.07) is -0.949. The second-order valence-corrected chi connectivity index (χ2v) is 22.8. The molecule has 12 atom stereocenters. The predicted octanol–water partition coefficient (Wildman–Crippen LogP) is 13.3. The lowest BCUT2D eigenvalue weighted by atomic mass is 9.97. The first-order valence-electron chi connectivity index (χ1n) is 33.6. The van der Waals surface area contributed by atoms with Crippen LogP contribution in [0.1, 0.15) is 213 Å². The van der Waals surface area contributed by atoms with Crippen LogP contribution >= 0.6 is 0 Å². The van der Waals surface area contributed by atoms with Crippen molar-refractivity contribution in [3.05, 3.63) is 146 Å². The number of aliphatic hydroxyl groups is 8. The Morgan fingerprint density at radius 1 is 0.425 bits per heavy atom. The third kappa shape index (κ3) is 40.3. The van der Waals surface area contributed by atoms with Gasteiger partial charge in [0.25, 0.3) is 0 Å². The maximum atomic E-state index is 13.3. The second-order valence-electron chi connectivity index (χ2n) is 22.8. The zero-order valence-corrected chi connectivity index (χ0v) is 53.4. The minimum atomic E-state index is -1.80. The highest BCUT2D eigenvalue weighted by atomic mass is 16.7. The average molecular weight is 1220 g/mol. The minimum Gasteiger partial charge on any atom is -0.394 e. The number of carbonyl (C=O) groups is 1. The summed E-state index contributed by atoms with van der Waals surface area (Å²) in [5.41, 5.74) is 0. The van der Waals surface area contributed by atoms with E-state index in [-0.39, 0.29) is 18.9 Å². The van der Waals surface area contributed by atoms with Crippen molar-refractivity contribution in [3.8, 4) is 0 Å². The molecule has 14 heteroatoms. The van der Waals surface area contributed by atoms with Crippen molar-refractivity contribution in [1.29, 1.82) is 0 Å². The van der Waals surface area contributed by atoms with Gasteiger partial charge in [0, 0.05) is 6.42 Å². The lowest BCUT2D eigenvalue weighted by Gasteiger charge is -2.46. The number of nitrogens with one attached hydrogen (secondary N) is 1. The number of hydrogen-bond donors (Lipinski definition) is 9. The Hall–Kier alpha value is -4.13. The van der Waals surface area contributed by atoms with E-state index in [1.54, 1.807) is 6.08 Å². The first kappa shape index (κ1) is 79.0. The summed E-state index contributed by atoms with van der Waals surface area (Å²) < 4.78 is 22.8. The van der Waals surface area contributed by atoms with Gasteiger partial charge >= 0.3 is 0 Å². The van der Waals surface area contributed by atoms with Gasteiger partial charge in [0.1, 0.15) is 48.8 Å². The van der Waals surface area contributed by atoms with Gasteiger partial charge in [0.15, 0.2) is 12.6 Å². The Bertz CT molecular complexity index is 2020. The van der Waals surface area contributed by atoms with Gasteiger partial charge in [-0.05, 0) is 116 Å². The molecule has 2 rings (SSSR count). The van der Waals surface area contributed by atoms with E-state index in [1.807, 2.05) is 6.08 Å². The highest BCUT2D eigenvalue weighted by molar-refractivity contribution is 5.76. The van der Waals surface area contributed by atoms with Crippen LogP contribution in [-0.2, 0) is 23.7 Å². The van der Waals surface area contributed by atoms with Gasteiger partial charge in [-0.15, -0.1) is 0 Å². The van der Waals surface area contributed by atoms with Crippen LogP contribution in [0.2, 0.25) is 0 Å². The smallest absolute Gasteiger partial charge is 0.220 e. The lowest BCUT2D eigenvalue weighted by molar-refractivity contribution is -0.359. The van der Waals surface area contributed by atoms with Gasteiger partial charge in [-0.1, -0.05) is 237 Å². The van der Waals surface area contributed by atoms with E-state index in [0.717, 1.165) is 109 Å². The third-order valence-corrected chi connectivity index (χ3v) is 15.2. The first-order chi connectivity index (χ1) is 42.6. The van der Waals surface area contributed by atoms with E-state index in [2.05, 4.69) is 153 Å². The molecule has 0 aliphatic carbocycles. The van der Waals surface area contributed by atoms with E-state index in [1.165, 1.54) is 70.6 Å². The van der Waals surface area contributed by atoms with Crippen molar-refractivity contribution >= 4 is 5.91 Å². The number of unbranched alkanes of at least 4 members (excludes halogenated alkanes) is 17. The Balaban J connectivity index is 1.63. The number of aliphatic hydroxyl groups excluding tert-OH is 8. The molecule has 0 saturated carbocycles. The molecule has 0 aromatic carbocycles. The van der Waals surface area contributed by atoms with Gasteiger partial charge in [-0.3, -0.25) is 4.79 Å². The predicted molar refractivity (Wildman–Crippen MR) is 354 cm³/mol. The van der Waals surface area contributed by atoms with E-state index >= 15 is 0 Å². The summed E-state index contributed by atoms with van der Waals surface area (Å²) in [4.78, 5) is 13.3. The monoisotopic (exact) mass is 1220 g/mol. The van der Waals surface area contributed by atoms with Crippen LogP contribution in [0.15, 0.2) is 146 Å². The van der Waals surface area contributed by atoms with Gasteiger partial charge in [-0.25, -0.2) is 0 Å². The number of amides is 1. The maximum Gasteiger partial charge on any atom is 0.220 e. The Kier molecular flexibility index (Phi) is 50.7. The number of hydrogen-bond acceptors (Lipinski definition) is 13. The van der Waals surface area contributed by atoms with Gasteiger partial charge in [-0.2, -0.15) is 0 Å². The van der Waals surface area contributed by atoms with Gasteiger partial charge in [0.2, 0.25) is 5.91 Å². The van der Waals surface area contributed by atoms with Crippen molar-refractivity contribution in [2.75, 3.05) is 19.8 Å². The van der Waals surface area contributed by atoms with Crippen LogP contribution in [0.5, 0.6) is 0 Å². The van der Waals surface area contributed by atoms with E-state index in [9.17, 15) is 45.6 Å².